The second-order valence-corrected chi connectivity index (χ2v) is 4.65. The fourth-order valence-corrected chi connectivity index (χ4v) is 2.12. The van der Waals surface area contributed by atoms with Crippen molar-refractivity contribution in [1.29, 1.82) is 0 Å². The highest BCUT2D eigenvalue weighted by Crippen LogP contribution is 2.30. The van der Waals surface area contributed by atoms with Gasteiger partial charge in [0.1, 0.15) is 5.75 Å². The van der Waals surface area contributed by atoms with Gasteiger partial charge in [0.25, 0.3) is 0 Å². The molecule has 100 valence electrons. The lowest BCUT2D eigenvalue weighted by atomic mass is 10.1. The Balaban J connectivity index is 2.19. The van der Waals surface area contributed by atoms with Gasteiger partial charge in [-0.05, 0) is 33.6 Å². The Morgan fingerprint density at radius 1 is 1.26 bits per heavy atom. The molecule has 1 heterocycles. The molecule has 0 fully saturated rings. The van der Waals surface area contributed by atoms with E-state index in [1.165, 1.54) is 0 Å². The zero-order valence-corrected chi connectivity index (χ0v) is 12.0. The van der Waals surface area contributed by atoms with E-state index in [0.717, 1.165) is 21.3 Å². The highest BCUT2D eigenvalue weighted by Gasteiger charge is 2.04. The Bertz CT molecular complexity index is 546. The first kappa shape index (κ1) is 13.8. The summed E-state index contributed by atoms with van der Waals surface area (Å²) in [5, 5.41) is 11.6. The predicted molar refractivity (Wildman–Crippen MR) is 77.3 cm³/mol. The molecule has 6 heteroatoms. The number of halogens is 1. The van der Waals surface area contributed by atoms with Crippen LogP contribution in [0.25, 0.3) is 11.1 Å². The van der Waals surface area contributed by atoms with Crippen molar-refractivity contribution in [3.05, 3.63) is 35.1 Å². The number of aliphatic hydroxyl groups excluding tert-OH is 1. The first-order chi connectivity index (χ1) is 9.24. The van der Waals surface area contributed by atoms with Gasteiger partial charge in [0.05, 0.1) is 18.2 Å². The van der Waals surface area contributed by atoms with Crippen LogP contribution in [0.5, 0.6) is 5.75 Å². The summed E-state index contributed by atoms with van der Waals surface area (Å²) in [6, 6.07) is 5.79. The van der Waals surface area contributed by atoms with Crippen molar-refractivity contribution in [1.82, 2.24) is 9.97 Å². The van der Waals surface area contributed by atoms with Crippen LogP contribution >= 0.6 is 15.9 Å². The third-order valence-electron chi connectivity index (χ3n) is 2.53. The van der Waals surface area contributed by atoms with Crippen molar-refractivity contribution in [2.75, 3.05) is 25.6 Å². The summed E-state index contributed by atoms with van der Waals surface area (Å²) in [5.74, 6) is 1.29. The molecular weight excluding hydrogens is 310 g/mol. The Hall–Kier alpha value is -1.66. The van der Waals surface area contributed by atoms with Crippen molar-refractivity contribution in [3.8, 4) is 16.9 Å². The van der Waals surface area contributed by atoms with Crippen molar-refractivity contribution < 1.29 is 9.84 Å². The third-order valence-corrected chi connectivity index (χ3v) is 3.15. The van der Waals surface area contributed by atoms with Gasteiger partial charge in [-0.25, -0.2) is 9.97 Å². The Morgan fingerprint density at radius 2 is 2.00 bits per heavy atom. The number of benzene rings is 1. The quantitative estimate of drug-likeness (QED) is 0.883. The molecule has 19 heavy (non-hydrogen) atoms. The molecule has 0 saturated heterocycles. The van der Waals surface area contributed by atoms with E-state index < -0.39 is 0 Å². The summed E-state index contributed by atoms with van der Waals surface area (Å²) < 4.78 is 6.07. The van der Waals surface area contributed by atoms with Gasteiger partial charge >= 0.3 is 0 Å². The molecule has 0 atom stereocenters. The number of hydrogen-bond acceptors (Lipinski definition) is 5. The number of rotatable bonds is 5. The molecule has 1 aromatic heterocycles. The molecule has 2 aromatic rings. The van der Waals surface area contributed by atoms with Crippen LogP contribution in [0.1, 0.15) is 0 Å². The zero-order chi connectivity index (χ0) is 13.7. The SMILES string of the molecule is COc1ccc(-c2cnc(NCCO)nc2)cc1Br. The van der Waals surface area contributed by atoms with Crippen LogP contribution < -0.4 is 10.1 Å². The number of methoxy groups -OCH3 is 1. The van der Waals surface area contributed by atoms with E-state index in [0.29, 0.717) is 12.5 Å². The molecule has 0 unspecified atom stereocenters. The summed E-state index contributed by atoms with van der Waals surface area (Å²) in [4.78, 5) is 8.37. The number of anilines is 1. The fourth-order valence-electron chi connectivity index (χ4n) is 1.58. The van der Waals surface area contributed by atoms with Crippen molar-refractivity contribution in [3.63, 3.8) is 0 Å². The molecule has 2 N–H and O–H groups in total. The molecule has 1 aromatic carbocycles. The normalized spacial score (nSPS) is 10.3. The molecule has 5 nitrogen and oxygen atoms in total. The number of nitrogens with one attached hydrogen (secondary N) is 1. The van der Waals surface area contributed by atoms with Gasteiger partial charge in [-0.3, -0.25) is 0 Å². The molecular formula is C13H14BrN3O2. The Morgan fingerprint density at radius 3 is 2.58 bits per heavy atom. The molecule has 2 rings (SSSR count). The summed E-state index contributed by atoms with van der Waals surface area (Å²) >= 11 is 3.45. The van der Waals surface area contributed by atoms with Gasteiger partial charge in [0.15, 0.2) is 0 Å². The van der Waals surface area contributed by atoms with E-state index in [9.17, 15) is 0 Å². The minimum atomic E-state index is 0.0521. The topological polar surface area (TPSA) is 67.3 Å². The van der Waals surface area contributed by atoms with E-state index in [1.54, 1.807) is 19.5 Å². The van der Waals surface area contributed by atoms with E-state index in [1.807, 2.05) is 18.2 Å². The van der Waals surface area contributed by atoms with Crippen molar-refractivity contribution >= 4 is 21.9 Å². The van der Waals surface area contributed by atoms with Crippen LogP contribution in [0, 0.1) is 0 Å². The summed E-state index contributed by atoms with van der Waals surface area (Å²) in [6.07, 6.45) is 3.47. The lowest BCUT2D eigenvalue weighted by molar-refractivity contribution is 0.311. The fraction of sp³-hybridized carbons (Fsp3) is 0.231. The Kier molecular flexibility index (Phi) is 4.70. The predicted octanol–water partition coefficient (Wildman–Crippen LogP) is 2.32. The summed E-state index contributed by atoms with van der Waals surface area (Å²) in [5.41, 5.74) is 1.92. The monoisotopic (exact) mass is 323 g/mol. The Labute approximate surface area is 119 Å². The maximum Gasteiger partial charge on any atom is 0.222 e. The molecule has 0 saturated carbocycles. The van der Waals surface area contributed by atoms with Crippen LogP contribution in [-0.4, -0.2) is 35.3 Å². The molecule has 0 aliphatic carbocycles. The third kappa shape index (κ3) is 3.42. The molecule has 0 radical (unpaired) electrons. The van der Waals surface area contributed by atoms with E-state index >= 15 is 0 Å². The number of aliphatic hydroxyl groups is 1. The molecule has 0 aliphatic heterocycles. The van der Waals surface area contributed by atoms with Gasteiger partial charge in [-0.15, -0.1) is 0 Å². The van der Waals surface area contributed by atoms with Gasteiger partial charge in [-0.2, -0.15) is 0 Å². The highest BCUT2D eigenvalue weighted by atomic mass is 79.9. The summed E-state index contributed by atoms with van der Waals surface area (Å²) in [6.45, 7) is 0.490. The molecule has 0 aliphatic rings. The number of hydrogen-bond donors (Lipinski definition) is 2. The lowest BCUT2D eigenvalue weighted by Gasteiger charge is -2.07. The lowest BCUT2D eigenvalue weighted by Crippen LogP contribution is -2.08. The van der Waals surface area contributed by atoms with Gasteiger partial charge < -0.3 is 15.2 Å². The molecule has 0 amide bonds. The summed E-state index contributed by atoms with van der Waals surface area (Å²) in [7, 11) is 1.63. The van der Waals surface area contributed by atoms with Crippen LogP contribution in [0.3, 0.4) is 0 Å². The van der Waals surface area contributed by atoms with E-state index in [2.05, 4.69) is 31.2 Å². The van der Waals surface area contributed by atoms with Crippen molar-refractivity contribution in [2.45, 2.75) is 0 Å². The smallest absolute Gasteiger partial charge is 0.222 e. The standard InChI is InChI=1S/C13H14BrN3O2/c1-19-12-3-2-9(6-11(12)14)10-7-16-13(17-8-10)15-4-5-18/h2-3,6-8,18H,4-5H2,1H3,(H,15,16,17). The van der Waals surface area contributed by atoms with Crippen molar-refractivity contribution in [2.24, 2.45) is 0 Å². The van der Waals surface area contributed by atoms with Crippen LogP contribution in [0.2, 0.25) is 0 Å². The first-order valence-electron chi connectivity index (χ1n) is 5.75. The van der Waals surface area contributed by atoms with Gasteiger partial charge in [0.2, 0.25) is 5.95 Å². The van der Waals surface area contributed by atoms with Gasteiger partial charge in [-0.1, -0.05) is 6.07 Å². The average molecular weight is 324 g/mol. The maximum absolute atomic E-state index is 8.70. The highest BCUT2D eigenvalue weighted by molar-refractivity contribution is 9.10. The number of aromatic nitrogens is 2. The maximum atomic E-state index is 8.70. The number of nitrogens with zero attached hydrogens (tertiary/aromatic N) is 2. The van der Waals surface area contributed by atoms with Crippen LogP contribution in [0.4, 0.5) is 5.95 Å². The van der Waals surface area contributed by atoms with E-state index in [-0.39, 0.29) is 6.61 Å². The van der Waals surface area contributed by atoms with Crippen LogP contribution in [-0.2, 0) is 0 Å². The largest absolute Gasteiger partial charge is 0.496 e. The van der Waals surface area contributed by atoms with E-state index in [4.69, 9.17) is 9.84 Å². The number of ether oxygens (including phenoxy) is 1. The van der Waals surface area contributed by atoms with Crippen LogP contribution in [0.15, 0.2) is 35.1 Å². The molecule has 0 bridgehead atoms. The second kappa shape index (κ2) is 6.49. The second-order valence-electron chi connectivity index (χ2n) is 3.80. The average Bonchev–Trinajstić information content (AvgIpc) is 2.45. The van der Waals surface area contributed by atoms with Gasteiger partial charge in [0, 0.05) is 24.5 Å². The zero-order valence-electron chi connectivity index (χ0n) is 10.4. The molecule has 0 spiro atoms. The minimum absolute atomic E-state index is 0.0521. The minimum Gasteiger partial charge on any atom is -0.496 e. The first-order valence-corrected chi connectivity index (χ1v) is 6.54.